The largest absolute Gasteiger partial charge is 0.373 e. The molecule has 0 amide bonds. The number of benzene rings is 1. The third kappa shape index (κ3) is 3.17. The summed E-state index contributed by atoms with van der Waals surface area (Å²) in [5.41, 5.74) is 1.15. The number of hydrogen-bond donors (Lipinski definition) is 0. The molecule has 0 aromatic heterocycles. The van der Waals surface area contributed by atoms with Crippen LogP contribution in [-0.4, -0.2) is 19.0 Å². The Hall–Kier alpha value is -1.15. The number of carbonyl (C=O) groups excluding carboxylic acids is 1. The lowest BCUT2D eigenvalue weighted by atomic mass is 9.91. The first-order valence-electron chi connectivity index (χ1n) is 5.81. The number of rotatable bonds is 6. The third-order valence-electron chi connectivity index (χ3n) is 2.85. The lowest BCUT2D eigenvalue weighted by Crippen LogP contribution is -2.28. The Kier molecular flexibility index (Phi) is 5.20. The van der Waals surface area contributed by atoms with Crippen LogP contribution in [0.1, 0.15) is 38.2 Å². The monoisotopic (exact) mass is 220 g/mol. The molecule has 2 unspecified atom stereocenters. The van der Waals surface area contributed by atoms with Crippen LogP contribution < -0.4 is 0 Å². The highest BCUT2D eigenvalue weighted by Gasteiger charge is 2.24. The van der Waals surface area contributed by atoms with E-state index in [1.165, 1.54) is 0 Å². The molecule has 0 radical (unpaired) electrons. The van der Waals surface area contributed by atoms with Crippen LogP contribution >= 0.6 is 0 Å². The van der Waals surface area contributed by atoms with E-state index in [0.29, 0.717) is 6.42 Å². The predicted molar refractivity (Wildman–Crippen MR) is 65.6 cm³/mol. The molecule has 0 heterocycles. The molecule has 0 spiro atoms. The van der Waals surface area contributed by atoms with E-state index in [0.717, 1.165) is 12.0 Å². The van der Waals surface area contributed by atoms with E-state index in [-0.39, 0.29) is 17.8 Å². The van der Waals surface area contributed by atoms with E-state index in [4.69, 9.17) is 4.74 Å². The van der Waals surface area contributed by atoms with Crippen LogP contribution in [0.2, 0.25) is 0 Å². The molecular formula is C14H20O2. The molecule has 0 aliphatic heterocycles. The first kappa shape index (κ1) is 12.9. The van der Waals surface area contributed by atoms with Gasteiger partial charge in [0.1, 0.15) is 6.10 Å². The maximum atomic E-state index is 11.9. The zero-order chi connectivity index (χ0) is 12.0. The molecule has 0 aliphatic rings. The second-order valence-corrected chi connectivity index (χ2v) is 4.07. The molecule has 2 nitrogen and oxygen atoms in total. The first-order chi connectivity index (χ1) is 7.70. The Morgan fingerprint density at radius 1 is 1.31 bits per heavy atom. The minimum Gasteiger partial charge on any atom is -0.373 e. The molecule has 1 rings (SSSR count). The van der Waals surface area contributed by atoms with Gasteiger partial charge in [-0.3, -0.25) is 4.79 Å². The van der Waals surface area contributed by atoms with Gasteiger partial charge in [-0.25, -0.2) is 0 Å². The van der Waals surface area contributed by atoms with E-state index in [1.54, 1.807) is 7.11 Å². The van der Waals surface area contributed by atoms with Gasteiger partial charge in [-0.05, 0) is 12.0 Å². The van der Waals surface area contributed by atoms with E-state index in [1.807, 2.05) is 44.2 Å². The minimum atomic E-state index is -0.317. The van der Waals surface area contributed by atoms with Gasteiger partial charge in [0.25, 0.3) is 0 Å². The normalized spacial score (nSPS) is 14.4. The molecule has 2 atom stereocenters. The Balaban J connectivity index is 2.77. The third-order valence-corrected chi connectivity index (χ3v) is 2.85. The Morgan fingerprint density at radius 2 is 1.94 bits per heavy atom. The van der Waals surface area contributed by atoms with Crippen molar-refractivity contribution in [3.63, 3.8) is 0 Å². The summed E-state index contributed by atoms with van der Waals surface area (Å²) in [5.74, 6) is 0.312. The topological polar surface area (TPSA) is 26.3 Å². The summed E-state index contributed by atoms with van der Waals surface area (Å²) in [4.78, 5) is 11.9. The fourth-order valence-corrected chi connectivity index (χ4v) is 1.93. The van der Waals surface area contributed by atoms with Gasteiger partial charge < -0.3 is 4.74 Å². The van der Waals surface area contributed by atoms with Crippen molar-refractivity contribution in [2.45, 2.75) is 38.7 Å². The van der Waals surface area contributed by atoms with Gasteiger partial charge in [0.2, 0.25) is 0 Å². The number of hydrogen-bond acceptors (Lipinski definition) is 2. The molecule has 0 bridgehead atoms. The van der Waals surface area contributed by atoms with Gasteiger partial charge in [0, 0.05) is 19.4 Å². The lowest BCUT2D eigenvalue weighted by molar-refractivity contribution is -0.129. The Morgan fingerprint density at radius 3 is 2.44 bits per heavy atom. The summed E-state index contributed by atoms with van der Waals surface area (Å²) >= 11 is 0. The molecule has 0 saturated carbocycles. The van der Waals surface area contributed by atoms with Crippen molar-refractivity contribution in [3.8, 4) is 0 Å². The molecular weight excluding hydrogens is 200 g/mol. The average Bonchev–Trinajstić information content (AvgIpc) is 2.31. The zero-order valence-electron chi connectivity index (χ0n) is 10.3. The van der Waals surface area contributed by atoms with Gasteiger partial charge in [-0.15, -0.1) is 0 Å². The van der Waals surface area contributed by atoms with Crippen molar-refractivity contribution in [2.75, 3.05) is 7.11 Å². The summed E-state index contributed by atoms with van der Waals surface area (Å²) in [6, 6.07) is 10.0. The highest BCUT2D eigenvalue weighted by atomic mass is 16.5. The van der Waals surface area contributed by atoms with Crippen molar-refractivity contribution in [2.24, 2.45) is 0 Å². The van der Waals surface area contributed by atoms with Gasteiger partial charge >= 0.3 is 0 Å². The van der Waals surface area contributed by atoms with Crippen LogP contribution in [0.3, 0.4) is 0 Å². The van der Waals surface area contributed by atoms with E-state index < -0.39 is 0 Å². The lowest BCUT2D eigenvalue weighted by Gasteiger charge is -2.21. The molecule has 2 heteroatoms. The molecule has 16 heavy (non-hydrogen) atoms. The second-order valence-electron chi connectivity index (χ2n) is 4.07. The summed E-state index contributed by atoms with van der Waals surface area (Å²) < 4.78 is 5.33. The fourth-order valence-electron chi connectivity index (χ4n) is 1.93. The first-order valence-corrected chi connectivity index (χ1v) is 5.81. The second kappa shape index (κ2) is 6.44. The number of Topliss-reactive ketones (excluding diaryl/α,β-unsaturated/α-hetero) is 1. The quantitative estimate of drug-likeness (QED) is 0.736. The standard InChI is InChI=1S/C14H20O2/c1-4-8-13(15)14(16-3)11(2)12-9-6-5-7-10-12/h5-7,9-11,14H,4,8H2,1-3H3. The van der Waals surface area contributed by atoms with Crippen molar-refractivity contribution < 1.29 is 9.53 Å². The van der Waals surface area contributed by atoms with Gasteiger partial charge in [-0.1, -0.05) is 44.2 Å². The molecule has 0 N–H and O–H groups in total. The predicted octanol–water partition coefficient (Wildman–Crippen LogP) is 3.17. The molecule has 0 saturated heterocycles. The molecule has 88 valence electrons. The van der Waals surface area contributed by atoms with Gasteiger partial charge in [0.15, 0.2) is 5.78 Å². The molecule has 0 aliphatic carbocycles. The Bertz CT molecular complexity index is 319. The van der Waals surface area contributed by atoms with Crippen LogP contribution in [0.4, 0.5) is 0 Å². The van der Waals surface area contributed by atoms with Crippen LogP contribution in [0.25, 0.3) is 0 Å². The van der Waals surface area contributed by atoms with Crippen molar-refractivity contribution in [1.82, 2.24) is 0 Å². The van der Waals surface area contributed by atoms with Crippen molar-refractivity contribution in [1.29, 1.82) is 0 Å². The summed E-state index contributed by atoms with van der Waals surface area (Å²) in [6.07, 6.45) is 1.15. The van der Waals surface area contributed by atoms with Crippen LogP contribution in [0, 0.1) is 0 Å². The minimum absolute atomic E-state index is 0.116. The SMILES string of the molecule is CCCC(=O)C(OC)C(C)c1ccccc1. The molecule has 1 aromatic carbocycles. The molecule has 0 fully saturated rings. The van der Waals surface area contributed by atoms with Crippen LogP contribution in [0.5, 0.6) is 0 Å². The van der Waals surface area contributed by atoms with Crippen LogP contribution in [-0.2, 0) is 9.53 Å². The fraction of sp³-hybridized carbons (Fsp3) is 0.500. The maximum absolute atomic E-state index is 11.9. The highest BCUT2D eigenvalue weighted by Crippen LogP contribution is 2.22. The van der Waals surface area contributed by atoms with E-state index in [9.17, 15) is 4.79 Å². The van der Waals surface area contributed by atoms with Crippen molar-refractivity contribution in [3.05, 3.63) is 35.9 Å². The van der Waals surface area contributed by atoms with Crippen LogP contribution in [0.15, 0.2) is 30.3 Å². The number of ketones is 1. The maximum Gasteiger partial charge on any atom is 0.162 e. The van der Waals surface area contributed by atoms with Gasteiger partial charge in [-0.2, -0.15) is 0 Å². The zero-order valence-corrected chi connectivity index (χ0v) is 10.3. The summed E-state index contributed by atoms with van der Waals surface area (Å²) in [7, 11) is 1.61. The summed E-state index contributed by atoms with van der Waals surface area (Å²) in [6.45, 7) is 4.05. The highest BCUT2D eigenvalue weighted by molar-refractivity contribution is 5.84. The number of ether oxygens (including phenoxy) is 1. The van der Waals surface area contributed by atoms with E-state index >= 15 is 0 Å². The Labute approximate surface area is 97.6 Å². The smallest absolute Gasteiger partial charge is 0.162 e. The van der Waals surface area contributed by atoms with E-state index in [2.05, 4.69) is 0 Å². The summed E-state index contributed by atoms with van der Waals surface area (Å²) in [5, 5.41) is 0. The average molecular weight is 220 g/mol. The van der Waals surface area contributed by atoms with Gasteiger partial charge in [0.05, 0.1) is 0 Å². The van der Waals surface area contributed by atoms with Crippen molar-refractivity contribution >= 4 is 5.78 Å². The molecule has 1 aromatic rings. The number of carbonyl (C=O) groups is 1. The number of methoxy groups -OCH3 is 1.